The van der Waals surface area contributed by atoms with Crippen LogP contribution in [0.1, 0.15) is 106 Å². The molecule has 1 aromatic carbocycles. The van der Waals surface area contributed by atoms with E-state index in [1.807, 2.05) is 51.1 Å². The highest BCUT2D eigenvalue weighted by Crippen LogP contribution is 2.25. The second kappa shape index (κ2) is 15.5. The molecule has 0 spiro atoms. The van der Waals surface area contributed by atoms with Crippen molar-refractivity contribution in [2.45, 2.75) is 118 Å². The number of amides is 3. The van der Waals surface area contributed by atoms with Crippen molar-refractivity contribution in [1.29, 1.82) is 0 Å². The van der Waals surface area contributed by atoms with E-state index in [1.165, 1.54) is 0 Å². The van der Waals surface area contributed by atoms with Crippen LogP contribution in [-0.2, 0) is 14.3 Å². The van der Waals surface area contributed by atoms with E-state index >= 15 is 0 Å². The van der Waals surface area contributed by atoms with Crippen molar-refractivity contribution in [3.63, 3.8) is 0 Å². The van der Waals surface area contributed by atoms with Gasteiger partial charge in [0.05, 0.1) is 0 Å². The van der Waals surface area contributed by atoms with E-state index in [0.29, 0.717) is 6.54 Å². The van der Waals surface area contributed by atoms with Crippen LogP contribution in [0.25, 0.3) is 0 Å². The van der Waals surface area contributed by atoms with Crippen LogP contribution in [0.4, 0.5) is 4.79 Å². The Hall–Kier alpha value is -2.57. The third kappa shape index (κ3) is 11.0. The Balaban J connectivity index is 3.39. The molecule has 0 aliphatic heterocycles. The standard InChI is InChI=1S/C29H49N3O4/c1-9-11-12-16-20-32(27(34)24(21(3)4)31-28(35)36-29(6,7)8)25(23-18-14-13-15-19-23)26(33)30-22(5)17-10-2/h13-15,18-19,21-22,24-25H,9-12,16-17,20H2,1-8H3,(H,30,33)(H,31,35). The molecule has 0 aliphatic carbocycles. The van der Waals surface area contributed by atoms with Gasteiger partial charge in [-0.05, 0) is 52.0 Å². The van der Waals surface area contributed by atoms with Gasteiger partial charge in [-0.2, -0.15) is 0 Å². The summed E-state index contributed by atoms with van der Waals surface area (Å²) in [4.78, 5) is 42.0. The van der Waals surface area contributed by atoms with Crippen molar-refractivity contribution in [2.24, 2.45) is 5.92 Å². The van der Waals surface area contributed by atoms with E-state index in [9.17, 15) is 14.4 Å². The van der Waals surface area contributed by atoms with Crippen molar-refractivity contribution in [2.75, 3.05) is 6.54 Å². The van der Waals surface area contributed by atoms with Gasteiger partial charge in [0.2, 0.25) is 11.8 Å². The average molecular weight is 504 g/mol. The fraction of sp³-hybridized carbons (Fsp3) is 0.690. The van der Waals surface area contributed by atoms with Crippen LogP contribution in [0.2, 0.25) is 0 Å². The van der Waals surface area contributed by atoms with Crippen LogP contribution in [0.5, 0.6) is 0 Å². The summed E-state index contributed by atoms with van der Waals surface area (Å²) >= 11 is 0. The Labute approximate surface area is 218 Å². The Morgan fingerprint density at radius 1 is 0.917 bits per heavy atom. The lowest BCUT2D eigenvalue weighted by Crippen LogP contribution is -2.55. The first kappa shape index (κ1) is 31.5. The largest absolute Gasteiger partial charge is 0.444 e. The number of hydrogen-bond acceptors (Lipinski definition) is 4. The quantitative estimate of drug-likeness (QED) is 0.305. The first-order valence-corrected chi connectivity index (χ1v) is 13.6. The molecule has 3 atom stereocenters. The summed E-state index contributed by atoms with van der Waals surface area (Å²) in [6.07, 6.45) is 5.03. The third-order valence-electron chi connectivity index (χ3n) is 5.93. The number of benzene rings is 1. The van der Waals surface area contributed by atoms with E-state index < -0.39 is 23.8 Å². The molecular weight excluding hydrogens is 454 g/mol. The number of carbonyl (C=O) groups excluding carboxylic acids is 3. The minimum Gasteiger partial charge on any atom is -0.444 e. The van der Waals surface area contributed by atoms with Crippen LogP contribution >= 0.6 is 0 Å². The molecule has 36 heavy (non-hydrogen) atoms. The topological polar surface area (TPSA) is 87.7 Å². The molecule has 0 heterocycles. The van der Waals surface area contributed by atoms with Crippen LogP contribution in [-0.4, -0.2) is 47.0 Å². The zero-order valence-electron chi connectivity index (χ0n) is 23.7. The van der Waals surface area contributed by atoms with Gasteiger partial charge in [0.1, 0.15) is 17.7 Å². The molecule has 2 N–H and O–H groups in total. The Kier molecular flexibility index (Phi) is 13.6. The van der Waals surface area contributed by atoms with Crippen LogP contribution in [0.3, 0.4) is 0 Å². The van der Waals surface area contributed by atoms with E-state index in [2.05, 4.69) is 24.5 Å². The van der Waals surface area contributed by atoms with Gasteiger partial charge in [-0.25, -0.2) is 4.79 Å². The van der Waals surface area contributed by atoms with Crippen molar-refractivity contribution in [3.05, 3.63) is 35.9 Å². The summed E-state index contributed by atoms with van der Waals surface area (Å²) in [6, 6.07) is 7.80. The van der Waals surface area contributed by atoms with Gasteiger partial charge in [-0.15, -0.1) is 0 Å². The van der Waals surface area contributed by atoms with Crippen LogP contribution in [0, 0.1) is 5.92 Å². The molecule has 1 aromatic rings. The lowest BCUT2D eigenvalue weighted by atomic mass is 9.98. The summed E-state index contributed by atoms with van der Waals surface area (Å²) in [7, 11) is 0. The fourth-order valence-electron chi connectivity index (χ4n) is 4.14. The summed E-state index contributed by atoms with van der Waals surface area (Å²) < 4.78 is 5.43. The van der Waals surface area contributed by atoms with Crippen molar-refractivity contribution in [3.8, 4) is 0 Å². The first-order chi connectivity index (χ1) is 16.9. The van der Waals surface area contributed by atoms with Gasteiger partial charge in [0, 0.05) is 12.6 Å². The number of carbonyl (C=O) groups is 3. The lowest BCUT2D eigenvalue weighted by Gasteiger charge is -2.36. The van der Waals surface area contributed by atoms with Gasteiger partial charge >= 0.3 is 6.09 Å². The number of unbranched alkanes of at least 4 members (excludes halogenated alkanes) is 3. The highest BCUT2D eigenvalue weighted by Gasteiger charge is 2.37. The van der Waals surface area contributed by atoms with Gasteiger partial charge in [-0.3, -0.25) is 9.59 Å². The zero-order valence-corrected chi connectivity index (χ0v) is 23.7. The van der Waals surface area contributed by atoms with E-state index in [4.69, 9.17) is 4.74 Å². The maximum absolute atomic E-state index is 14.1. The summed E-state index contributed by atoms with van der Waals surface area (Å²) in [5, 5.41) is 5.89. The smallest absolute Gasteiger partial charge is 0.408 e. The van der Waals surface area contributed by atoms with E-state index in [0.717, 1.165) is 44.1 Å². The predicted octanol–water partition coefficient (Wildman–Crippen LogP) is 5.99. The normalized spacial score (nSPS) is 14.0. The average Bonchev–Trinajstić information content (AvgIpc) is 2.78. The number of rotatable bonds is 14. The number of nitrogens with one attached hydrogen (secondary N) is 2. The molecule has 1 rings (SSSR count). The maximum Gasteiger partial charge on any atom is 0.408 e. The van der Waals surface area contributed by atoms with Crippen molar-refractivity contribution >= 4 is 17.9 Å². The van der Waals surface area contributed by atoms with Gasteiger partial charge in [0.25, 0.3) is 0 Å². The molecule has 3 unspecified atom stereocenters. The molecule has 7 nitrogen and oxygen atoms in total. The predicted molar refractivity (Wildman–Crippen MR) is 146 cm³/mol. The number of nitrogens with zero attached hydrogens (tertiary/aromatic N) is 1. The summed E-state index contributed by atoms with van der Waals surface area (Å²) in [5.74, 6) is -0.674. The second-order valence-corrected chi connectivity index (χ2v) is 11.0. The maximum atomic E-state index is 14.1. The molecule has 0 aromatic heterocycles. The van der Waals surface area contributed by atoms with E-state index in [-0.39, 0.29) is 23.8 Å². The highest BCUT2D eigenvalue weighted by molar-refractivity contribution is 5.92. The SMILES string of the molecule is CCCCCCN(C(=O)C(NC(=O)OC(C)(C)C)C(C)C)C(C(=O)NC(C)CCC)c1ccccc1. The number of hydrogen-bond donors (Lipinski definition) is 2. The van der Waals surface area contributed by atoms with E-state index in [1.54, 1.807) is 25.7 Å². The monoisotopic (exact) mass is 503 g/mol. The van der Waals surface area contributed by atoms with Crippen LogP contribution < -0.4 is 10.6 Å². The molecule has 7 heteroatoms. The minimum atomic E-state index is -0.821. The molecule has 0 bridgehead atoms. The Morgan fingerprint density at radius 2 is 1.56 bits per heavy atom. The lowest BCUT2D eigenvalue weighted by molar-refractivity contribution is -0.143. The second-order valence-electron chi connectivity index (χ2n) is 11.0. The van der Waals surface area contributed by atoms with Gasteiger partial charge < -0.3 is 20.3 Å². The third-order valence-corrected chi connectivity index (χ3v) is 5.93. The molecule has 0 aliphatic rings. The Bertz CT molecular complexity index is 804. The molecule has 0 radical (unpaired) electrons. The summed E-state index contributed by atoms with van der Waals surface area (Å²) in [6.45, 7) is 15.7. The molecule has 0 fully saturated rings. The van der Waals surface area contributed by atoms with Crippen LogP contribution in [0.15, 0.2) is 30.3 Å². The van der Waals surface area contributed by atoms with Crippen molar-refractivity contribution in [1.82, 2.24) is 15.5 Å². The van der Waals surface area contributed by atoms with Crippen molar-refractivity contribution < 1.29 is 19.1 Å². The molecule has 0 saturated heterocycles. The van der Waals surface area contributed by atoms with Gasteiger partial charge in [0.15, 0.2) is 0 Å². The molecule has 0 saturated carbocycles. The minimum absolute atomic E-state index is 0.00783. The molecule has 3 amide bonds. The summed E-state index contributed by atoms with van der Waals surface area (Å²) in [5.41, 5.74) is 0.0680. The zero-order chi connectivity index (χ0) is 27.3. The first-order valence-electron chi connectivity index (χ1n) is 13.6. The number of ether oxygens (including phenoxy) is 1. The molecule has 204 valence electrons. The molecular formula is C29H49N3O4. The Morgan fingerprint density at radius 3 is 2.08 bits per heavy atom. The highest BCUT2D eigenvalue weighted by atomic mass is 16.6. The fourth-order valence-corrected chi connectivity index (χ4v) is 4.14. The van der Waals surface area contributed by atoms with Gasteiger partial charge in [-0.1, -0.05) is 83.7 Å². The number of alkyl carbamates (subject to hydrolysis) is 1.